The molecule has 13 rings (SSSR count). The van der Waals surface area contributed by atoms with E-state index in [9.17, 15) is 0 Å². The summed E-state index contributed by atoms with van der Waals surface area (Å²) in [6.45, 7) is 0. The second kappa shape index (κ2) is 14.3. The van der Waals surface area contributed by atoms with Gasteiger partial charge in [-0.05, 0) is 134 Å². The predicted octanol–water partition coefficient (Wildman–Crippen LogP) is 16.5. The molecule has 1 unspecified atom stereocenters. The van der Waals surface area contributed by atoms with Gasteiger partial charge in [-0.15, -0.1) is 0 Å². The highest BCUT2D eigenvalue weighted by molar-refractivity contribution is 6.06. The number of hydrogen-bond donors (Lipinski definition) is 0. The third-order valence-corrected chi connectivity index (χ3v) is 13.1. The minimum absolute atomic E-state index is 0.147. The van der Waals surface area contributed by atoms with Crippen LogP contribution < -0.4 is 9.80 Å². The number of furan rings is 1. The van der Waals surface area contributed by atoms with Crippen molar-refractivity contribution in [2.24, 2.45) is 0 Å². The summed E-state index contributed by atoms with van der Waals surface area (Å²) in [6.07, 6.45) is 0. The molecule has 0 bridgehead atoms. The van der Waals surface area contributed by atoms with Crippen LogP contribution in [-0.4, -0.2) is 0 Å². The second-order valence-corrected chi connectivity index (χ2v) is 16.5. The first kappa shape index (κ1) is 31.4. The molecule has 1 aromatic heterocycles. The molecule has 0 saturated heterocycles. The maximum absolute atomic E-state index is 8.92. The van der Waals surface area contributed by atoms with E-state index in [4.69, 9.17) is 11.3 Å². The first-order valence-electron chi connectivity index (χ1n) is 24.1. The average Bonchev–Trinajstić information content (AvgIpc) is 4.02. The number of rotatable bonds is 7. The first-order valence-corrected chi connectivity index (χ1v) is 21.6. The SMILES string of the molecule is [2H]c1c([2H])c([2H])c(-c2cccc(N(c3ccc4c(c3)C3(c5ccccc5-c5ccc(N(c6ccccc6)c6ccccc6)cc53)c3ccccc3-4)c3ccc4c(c3)oc3ccccc34)c2)c([2H])c1[2H]. The van der Waals surface area contributed by atoms with Gasteiger partial charge in [0.15, 0.2) is 0 Å². The van der Waals surface area contributed by atoms with Crippen molar-refractivity contribution in [3.05, 3.63) is 265 Å². The molecule has 300 valence electrons. The summed E-state index contributed by atoms with van der Waals surface area (Å²) < 4.78 is 49.7. The van der Waals surface area contributed by atoms with Crippen LogP contribution in [-0.2, 0) is 5.41 Å². The summed E-state index contributed by atoms with van der Waals surface area (Å²) in [7, 11) is 0. The fourth-order valence-electron chi connectivity index (χ4n) is 10.5. The van der Waals surface area contributed by atoms with Gasteiger partial charge in [0.1, 0.15) is 11.2 Å². The standard InChI is InChI=1S/C61H40N2O/c1-4-17-41(18-5-1)42-19-16-24-45(37-42)63(48-33-36-54-53-27-12-15-30-59(53)64-60(54)40-48)47-32-35-52-50-26-11-14-29-56(50)61(58(52)39-47)55-28-13-10-25-49(55)51-34-31-46(38-57(51)61)62(43-20-6-2-7-21-43)44-22-8-3-9-23-44/h1-40H/i1D,4D,5D,17D,18D. The molecule has 0 saturated carbocycles. The molecule has 10 aromatic carbocycles. The summed E-state index contributed by atoms with van der Waals surface area (Å²) in [5.41, 5.74) is 16.6. The molecule has 64 heavy (non-hydrogen) atoms. The molecule has 0 aliphatic heterocycles. The Bertz CT molecular complexity index is 3810. The Morgan fingerprint density at radius 2 is 0.812 bits per heavy atom. The van der Waals surface area contributed by atoms with Crippen LogP contribution in [0.3, 0.4) is 0 Å². The lowest BCUT2D eigenvalue weighted by molar-refractivity contribution is 0.669. The lowest BCUT2D eigenvalue weighted by Gasteiger charge is -2.33. The number of nitrogens with zero attached hydrogens (tertiary/aromatic N) is 2. The lowest BCUT2D eigenvalue weighted by atomic mass is 9.70. The molecule has 0 radical (unpaired) electrons. The number of hydrogen-bond acceptors (Lipinski definition) is 3. The Labute approximate surface area is 379 Å². The number of para-hydroxylation sites is 3. The molecule has 3 heteroatoms. The van der Waals surface area contributed by atoms with E-state index in [2.05, 4.69) is 180 Å². The Balaban J connectivity index is 1.07. The van der Waals surface area contributed by atoms with E-state index < -0.39 is 11.5 Å². The van der Waals surface area contributed by atoms with Crippen LogP contribution in [0.15, 0.2) is 247 Å². The summed E-state index contributed by atoms with van der Waals surface area (Å²) in [5.74, 6) is 0. The van der Waals surface area contributed by atoms with Crippen molar-refractivity contribution in [3.8, 4) is 33.4 Å². The zero-order valence-electron chi connectivity index (χ0n) is 39.5. The van der Waals surface area contributed by atoms with E-state index >= 15 is 0 Å². The average molecular weight is 822 g/mol. The maximum Gasteiger partial charge on any atom is 0.137 e. The fourth-order valence-corrected chi connectivity index (χ4v) is 10.5. The van der Waals surface area contributed by atoms with Crippen LogP contribution >= 0.6 is 0 Å². The minimum Gasteiger partial charge on any atom is -0.456 e. The number of fused-ring (bicyclic) bond motifs is 13. The largest absolute Gasteiger partial charge is 0.456 e. The van der Waals surface area contributed by atoms with Crippen molar-refractivity contribution < 1.29 is 11.3 Å². The summed E-state index contributed by atoms with van der Waals surface area (Å²) in [6, 6.07) is 72.6. The Morgan fingerprint density at radius 1 is 0.328 bits per heavy atom. The zero-order valence-corrected chi connectivity index (χ0v) is 34.5. The number of anilines is 6. The summed E-state index contributed by atoms with van der Waals surface area (Å²) >= 11 is 0. The van der Waals surface area contributed by atoms with Gasteiger partial charge in [0.2, 0.25) is 0 Å². The van der Waals surface area contributed by atoms with E-state index in [1.807, 2.05) is 42.5 Å². The molecule has 0 fully saturated rings. The lowest BCUT2D eigenvalue weighted by Crippen LogP contribution is -2.26. The molecule has 1 heterocycles. The van der Waals surface area contributed by atoms with E-state index in [1.165, 1.54) is 33.4 Å². The summed E-state index contributed by atoms with van der Waals surface area (Å²) in [5, 5.41) is 2.03. The molecular formula is C61H40N2O. The normalized spacial score (nSPS) is 15.4. The van der Waals surface area contributed by atoms with Gasteiger partial charge in [-0.1, -0.05) is 158 Å². The Kier molecular flexibility index (Phi) is 7.04. The van der Waals surface area contributed by atoms with E-state index in [0.717, 1.165) is 67.2 Å². The van der Waals surface area contributed by atoms with Gasteiger partial charge >= 0.3 is 0 Å². The highest BCUT2D eigenvalue weighted by atomic mass is 16.3. The van der Waals surface area contributed by atoms with Gasteiger partial charge in [-0.25, -0.2) is 0 Å². The Morgan fingerprint density at radius 3 is 1.47 bits per heavy atom. The van der Waals surface area contributed by atoms with Gasteiger partial charge in [-0.2, -0.15) is 0 Å². The number of benzene rings is 10. The van der Waals surface area contributed by atoms with Gasteiger partial charge in [0, 0.05) is 51.0 Å². The van der Waals surface area contributed by atoms with Crippen LogP contribution in [0, 0.1) is 0 Å². The molecule has 2 aliphatic carbocycles. The van der Waals surface area contributed by atoms with Crippen LogP contribution in [0.25, 0.3) is 55.3 Å². The molecular weight excluding hydrogens is 777 g/mol. The highest BCUT2D eigenvalue weighted by Crippen LogP contribution is 2.64. The van der Waals surface area contributed by atoms with E-state index in [0.29, 0.717) is 5.56 Å². The van der Waals surface area contributed by atoms with Crippen LogP contribution in [0.5, 0.6) is 0 Å². The molecule has 0 N–H and O–H groups in total. The van der Waals surface area contributed by atoms with E-state index in [1.54, 1.807) is 0 Å². The third kappa shape index (κ3) is 5.41. The third-order valence-electron chi connectivity index (χ3n) is 13.1. The van der Waals surface area contributed by atoms with E-state index in [-0.39, 0.29) is 29.7 Å². The first-order chi connectivity index (χ1) is 33.8. The van der Waals surface area contributed by atoms with Crippen molar-refractivity contribution >= 4 is 56.1 Å². The van der Waals surface area contributed by atoms with Crippen LogP contribution in [0.2, 0.25) is 0 Å². The van der Waals surface area contributed by atoms with Gasteiger partial charge in [-0.3, -0.25) is 0 Å². The zero-order chi connectivity index (χ0) is 46.5. The van der Waals surface area contributed by atoms with Crippen molar-refractivity contribution in [2.75, 3.05) is 9.80 Å². The van der Waals surface area contributed by atoms with Gasteiger partial charge in [0.05, 0.1) is 12.3 Å². The molecule has 3 nitrogen and oxygen atoms in total. The maximum atomic E-state index is 8.92. The van der Waals surface area contributed by atoms with Gasteiger partial charge < -0.3 is 14.2 Å². The smallest absolute Gasteiger partial charge is 0.137 e. The van der Waals surface area contributed by atoms with Crippen molar-refractivity contribution in [1.82, 2.24) is 0 Å². The topological polar surface area (TPSA) is 19.6 Å². The fraction of sp³-hybridized carbons (Fsp3) is 0.0164. The molecule has 1 spiro atoms. The molecule has 2 aliphatic rings. The Hall–Kier alpha value is -8.40. The van der Waals surface area contributed by atoms with Crippen LogP contribution in [0.1, 0.15) is 29.1 Å². The molecule has 0 amide bonds. The summed E-state index contributed by atoms with van der Waals surface area (Å²) in [4.78, 5) is 4.51. The molecule has 1 atom stereocenters. The predicted molar refractivity (Wildman–Crippen MR) is 265 cm³/mol. The van der Waals surface area contributed by atoms with Crippen molar-refractivity contribution in [3.63, 3.8) is 0 Å². The van der Waals surface area contributed by atoms with Crippen LogP contribution in [0.4, 0.5) is 34.1 Å². The van der Waals surface area contributed by atoms with Crippen molar-refractivity contribution in [1.29, 1.82) is 0 Å². The van der Waals surface area contributed by atoms with Crippen molar-refractivity contribution in [2.45, 2.75) is 5.41 Å². The van der Waals surface area contributed by atoms with Gasteiger partial charge in [0.25, 0.3) is 0 Å². The monoisotopic (exact) mass is 821 g/mol. The quantitative estimate of drug-likeness (QED) is 0.160. The highest BCUT2D eigenvalue weighted by Gasteiger charge is 2.52. The molecule has 11 aromatic rings. The second-order valence-electron chi connectivity index (χ2n) is 16.5. The minimum atomic E-state index is -0.702.